The molecule has 0 radical (unpaired) electrons. The molecule has 18 heavy (non-hydrogen) atoms. The van der Waals surface area contributed by atoms with Crippen molar-refractivity contribution in [1.29, 1.82) is 0 Å². The van der Waals surface area contributed by atoms with Gasteiger partial charge in [0.1, 0.15) is 5.75 Å². The van der Waals surface area contributed by atoms with Gasteiger partial charge in [0.25, 0.3) is 0 Å². The number of ether oxygens (including phenoxy) is 1. The predicted molar refractivity (Wildman–Crippen MR) is 76.5 cm³/mol. The lowest BCUT2D eigenvalue weighted by molar-refractivity contribution is 0.380. The first-order chi connectivity index (χ1) is 8.51. The van der Waals surface area contributed by atoms with Crippen LogP contribution in [-0.2, 0) is 5.41 Å². The molecule has 1 fully saturated rings. The third-order valence-electron chi connectivity index (χ3n) is 4.68. The maximum absolute atomic E-state index is 5.68. The van der Waals surface area contributed by atoms with Crippen molar-refractivity contribution in [3.8, 4) is 5.75 Å². The molecule has 0 aromatic heterocycles. The Bertz CT molecular complexity index is 441. The van der Waals surface area contributed by atoms with Crippen molar-refractivity contribution >= 4 is 0 Å². The van der Waals surface area contributed by atoms with Crippen LogP contribution in [0.4, 0.5) is 0 Å². The number of hydrogen-bond acceptors (Lipinski definition) is 2. The molecule has 1 saturated carbocycles. The van der Waals surface area contributed by atoms with E-state index in [1.165, 1.54) is 36.0 Å². The molecule has 1 aromatic rings. The second-order valence-corrected chi connectivity index (χ2v) is 5.88. The van der Waals surface area contributed by atoms with Gasteiger partial charge in [-0.25, -0.2) is 0 Å². The van der Waals surface area contributed by atoms with Gasteiger partial charge < -0.3 is 10.1 Å². The van der Waals surface area contributed by atoms with Crippen LogP contribution in [0.3, 0.4) is 0 Å². The molecule has 2 atom stereocenters. The Morgan fingerprint density at radius 3 is 2.61 bits per heavy atom. The highest BCUT2D eigenvalue weighted by Crippen LogP contribution is 2.45. The van der Waals surface area contributed by atoms with Gasteiger partial charge in [0.15, 0.2) is 0 Å². The van der Waals surface area contributed by atoms with E-state index in [1.54, 1.807) is 7.11 Å². The number of nitrogens with one attached hydrogen (secondary N) is 1. The molecular formula is C16H25NO. The van der Waals surface area contributed by atoms with Crippen LogP contribution in [0.5, 0.6) is 5.75 Å². The number of benzene rings is 1. The number of aryl methyl sites for hydroxylation is 1. The van der Waals surface area contributed by atoms with Gasteiger partial charge in [-0.2, -0.15) is 0 Å². The fourth-order valence-electron chi connectivity index (χ4n) is 3.26. The van der Waals surface area contributed by atoms with Crippen LogP contribution < -0.4 is 10.1 Å². The van der Waals surface area contributed by atoms with Gasteiger partial charge in [0, 0.05) is 11.6 Å². The summed E-state index contributed by atoms with van der Waals surface area (Å²) >= 11 is 0. The molecule has 2 unspecified atom stereocenters. The average Bonchev–Trinajstić information content (AvgIpc) is 2.75. The van der Waals surface area contributed by atoms with Gasteiger partial charge in [0.05, 0.1) is 7.11 Å². The summed E-state index contributed by atoms with van der Waals surface area (Å²) < 4.78 is 5.68. The minimum atomic E-state index is 0.248. The molecule has 1 aromatic carbocycles. The van der Waals surface area contributed by atoms with E-state index in [0.717, 1.165) is 5.75 Å². The highest BCUT2D eigenvalue weighted by molar-refractivity contribution is 5.49. The Morgan fingerprint density at radius 2 is 2.06 bits per heavy atom. The maximum Gasteiger partial charge on any atom is 0.125 e. The lowest BCUT2D eigenvalue weighted by atomic mass is 9.79. The van der Waals surface area contributed by atoms with Crippen LogP contribution in [0.15, 0.2) is 12.1 Å². The lowest BCUT2D eigenvalue weighted by Crippen LogP contribution is -2.26. The van der Waals surface area contributed by atoms with Crippen molar-refractivity contribution in [1.82, 2.24) is 5.32 Å². The Labute approximate surface area is 111 Å². The van der Waals surface area contributed by atoms with Crippen LogP contribution >= 0.6 is 0 Å². The summed E-state index contributed by atoms with van der Waals surface area (Å²) in [6.45, 7) is 6.68. The van der Waals surface area contributed by atoms with Crippen molar-refractivity contribution in [3.05, 3.63) is 28.8 Å². The Morgan fingerprint density at radius 1 is 1.33 bits per heavy atom. The zero-order valence-corrected chi connectivity index (χ0v) is 12.3. The van der Waals surface area contributed by atoms with Crippen molar-refractivity contribution in [2.75, 3.05) is 14.2 Å². The fourth-order valence-corrected chi connectivity index (χ4v) is 3.26. The number of hydrogen-bond donors (Lipinski definition) is 1. The third-order valence-corrected chi connectivity index (χ3v) is 4.68. The van der Waals surface area contributed by atoms with Gasteiger partial charge in [0.2, 0.25) is 0 Å². The molecule has 2 heteroatoms. The van der Waals surface area contributed by atoms with E-state index < -0.39 is 0 Å². The summed E-state index contributed by atoms with van der Waals surface area (Å²) in [5.74, 6) is 1.09. The molecule has 0 heterocycles. The van der Waals surface area contributed by atoms with E-state index in [-0.39, 0.29) is 5.41 Å². The van der Waals surface area contributed by atoms with Crippen LogP contribution in [-0.4, -0.2) is 20.2 Å². The van der Waals surface area contributed by atoms with Gasteiger partial charge in [-0.05, 0) is 56.7 Å². The third kappa shape index (κ3) is 2.14. The van der Waals surface area contributed by atoms with E-state index in [9.17, 15) is 0 Å². The molecule has 2 nitrogen and oxygen atoms in total. The normalized spacial score (nSPS) is 27.5. The summed E-state index contributed by atoms with van der Waals surface area (Å²) in [5.41, 5.74) is 4.22. The minimum Gasteiger partial charge on any atom is -0.496 e. The number of methoxy groups -OCH3 is 1. The van der Waals surface area contributed by atoms with Crippen molar-refractivity contribution in [2.45, 2.75) is 51.5 Å². The molecule has 0 spiro atoms. The van der Waals surface area contributed by atoms with Gasteiger partial charge in [-0.3, -0.25) is 0 Å². The standard InChI is InChI=1S/C16H25NO/c1-11-6-7-14(15(18-5)12(11)2)16(3)9-8-13(10-16)17-4/h6-7,13,17H,8-10H2,1-5H3. The van der Waals surface area contributed by atoms with Crippen LogP contribution in [0.25, 0.3) is 0 Å². The van der Waals surface area contributed by atoms with E-state index in [1.807, 2.05) is 0 Å². The molecule has 0 amide bonds. The monoisotopic (exact) mass is 247 g/mol. The van der Waals surface area contributed by atoms with Crippen LogP contribution in [0.2, 0.25) is 0 Å². The van der Waals surface area contributed by atoms with E-state index in [4.69, 9.17) is 4.74 Å². The SMILES string of the molecule is CNC1CCC(C)(c2ccc(C)c(C)c2OC)C1. The van der Waals surface area contributed by atoms with Crippen molar-refractivity contribution in [3.63, 3.8) is 0 Å². The largest absolute Gasteiger partial charge is 0.496 e. The first kappa shape index (κ1) is 13.4. The van der Waals surface area contributed by atoms with E-state index in [0.29, 0.717) is 6.04 Å². The van der Waals surface area contributed by atoms with Crippen LogP contribution in [0, 0.1) is 13.8 Å². The summed E-state index contributed by atoms with van der Waals surface area (Å²) in [6.07, 6.45) is 3.68. The molecule has 1 N–H and O–H groups in total. The lowest BCUT2D eigenvalue weighted by Gasteiger charge is -2.28. The molecule has 100 valence electrons. The maximum atomic E-state index is 5.68. The number of rotatable bonds is 3. The fraction of sp³-hybridized carbons (Fsp3) is 0.625. The highest BCUT2D eigenvalue weighted by Gasteiger charge is 2.38. The summed E-state index contributed by atoms with van der Waals surface area (Å²) in [5, 5.41) is 3.41. The van der Waals surface area contributed by atoms with Crippen LogP contribution in [0.1, 0.15) is 42.9 Å². The first-order valence-corrected chi connectivity index (χ1v) is 6.84. The molecular weight excluding hydrogens is 222 g/mol. The quantitative estimate of drug-likeness (QED) is 0.884. The van der Waals surface area contributed by atoms with Gasteiger partial charge in [-0.15, -0.1) is 0 Å². The van der Waals surface area contributed by atoms with Gasteiger partial charge >= 0.3 is 0 Å². The molecule has 1 aliphatic carbocycles. The minimum absolute atomic E-state index is 0.248. The zero-order valence-electron chi connectivity index (χ0n) is 12.3. The van der Waals surface area contributed by atoms with Crippen molar-refractivity contribution in [2.24, 2.45) is 0 Å². The average molecular weight is 247 g/mol. The highest BCUT2D eigenvalue weighted by atomic mass is 16.5. The molecule has 0 bridgehead atoms. The van der Waals surface area contributed by atoms with E-state index in [2.05, 4.69) is 45.3 Å². The Kier molecular flexibility index (Phi) is 3.67. The molecule has 1 aliphatic rings. The second kappa shape index (κ2) is 4.93. The Hall–Kier alpha value is -1.02. The summed E-state index contributed by atoms with van der Waals surface area (Å²) in [4.78, 5) is 0. The molecule has 0 saturated heterocycles. The molecule has 2 rings (SSSR count). The first-order valence-electron chi connectivity index (χ1n) is 6.84. The predicted octanol–water partition coefficient (Wildman–Crippen LogP) is 3.34. The zero-order chi connectivity index (χ0) is 13.3. The topological polar surface area (TPSA) is 21.3 Å². The second-order valence-electron chi connectivity index (χ2n) is 5.88. The molecule has 0 aliphatic heterocycles. The summed E-state index contributed by atoms with van der Waals surface area (Å²) in [7, 11) is 3.85. The van der Waals surface area contributed by atoms with Crippen molar-refractivity contribution < 1.29 is 4.74 Å². The Balaban J connectivity index is 2.42. The van der Waals surface area contributed by atoms with Gasteiger partial charge in [-0.1, -0.05) is 19.1 Å². The smallest absolute Gasteiger partial charge is 0.125 e. The van der Waals surface area contributed by atoms with E-state index >= 15 is 0 Å². The summed E-state index contributed by atoms with van der Waals surface area (Å²) in [6, 6.07) is 5.13.